The fourth-order valence-electron chi connectivity index (χ4n) is 5.18. The Morgan fingerprint density at radius 3 is 2.61 bits per heavy atom. The van der Waals surface area contributed by atoms with Gasteiger partial charge in [0, 0.05) is 24.7 Å². The molecule has 1 atom stereocenters. The molecule has 3 aromatic rings. The molecule has 2 aliphatic rings. The van der Waals surface area contributed by atoms with E-state index in [4.69, 9.17) is 9.15 Å². The number of hydrogen-bond acceptors (Lipinski definition) is 4. The predicted molar refractivity (Wildman–Crippen MR) is 125 cm³/mol. The lowest BCUT2D eigenvalue weighted by Crippen LogP contribution is -2.64. The first-order valence-electron chi connectivity index (χ1n) is 11.7. The molecule has 1 aromatic carbocycles. The standard InChI is InChI=1S/C26H31N3O4/c1-17-4-8-19(9-5-17)27-25(31)26(2)16-28-21-12-13-33-23(21)14-22(28)24(30)29(26)15-18-6-10-20(32-3)11-7-18/h6-7,10-14,17,19H,4-5,8-9,15-16H2,1-3H3,(H,27,31). The number of aromatic nitrogens is 1. The number of fused-ring (bicyclic) bond motifs is 3. The van der Waals surface area contributed by atoms with E-state index in [0.29, 0.717) is 30.3 Å². The van der Waals surface area contributed by atoms with E-state index in [9.17, 15) is 9.59 Å². The van der Waals surface area contributed by atoms with Crippen LogP contribution in [0.15, 0.2) is 47.1 Å². The van der Waals surface area contributed by atoms with Crippen molar-refractivity contribution < 1.29 is 18.7 Å². The van der Waals surface area contributed by atoms with E-state index in [0.717, 1.165) is 42.5 Å². The molecular formula is C26H31N3O4. The van der Waals surface area contributed by atoms with E-state index in [1.807, 2.05) is 41.8 Å². The number of hydrogen-bond donors (Lipinski definition) is 1. The Morgan fingerprint density at radius 2 is 1.91 bits per heavy atom. The quantitative estimate of drug-likeness (QED) is 0.628. The summed E-state index contributed by atoms with van der Waals surface area (Å²) in [6, 6.07) is 11.4. The number of amides is 2. The minimum atomic E-state index is -1.03. The summed E-state index contributed by atoms with van der Waals surface area (Å²) in [5, 5.41) is 3.28. The highest BCUT2D eigenvalue weighted by Gasteiger charge is 2.48. The number of ether oxygens (including phenoxy) is 1. The Morgan fingerprint density at radius 1 is 1.18 bits per heavy atom. The average molecular weight is 450 g/mol. The Labute approximate surface area is 193 Å². The number of furan rings is 1. The van der Waals surface area contributed by atoms with Gasteiger partial charge in [0.05, 0.1) is 25.4 Å². The van der Waals surface area contributed by atoms with Gasteiger partial charge in [-0.2, -0.15) is 0 Å². The normalized spacial score (nSPS) is 25.2. The smallest absolute Gasteiger partial charge is 0.271 e. The van der Waals surface area contributed by atoms with Crippen LogP contribution in [-0.4, -0.2) is 40.0 Å². The van der Waals surface area contributed by atoms with Crippen LogP contribution in [-0.2, 0) is 17.9 Å². The van der Waals surface area contributed by atoms with Crippen LogP contribution in [0.25, 0.3) is 11.1 Å². The largest absolute Gasteiger partial charge is 0.497 e. The fraction of sp³-hybridized carbons (Fsp3) is 0.462. The van der Waals surface area contributed by atoms with E-state index in [1.54, 1.807) is 24.3 Å². The fourth-order valence-corrected chi connectivity index (χ4v) is 5.18. The molecule has 174 valence electrons. The molecule has 1 aliphatic heterocycles. The van der Waals surface area contributed by atoms with Crippen molar-refractivity contribution in [1.29, 1.82) is 0 Å². The summed E-state index contributed by atoms with van der Waals surface area (Å²) in [5.41, 5.74) is 1.96. The summed E-state index contributed by atoms with van der Waals surface area (Å²) in [7, 11) is 1.63. The maximum atomic E-state index is 13.8. The summed E-state index contributed by atoms with van der Waals surface area (Å²) >= 11 is 0. The third-order valence-corrected chi connectivity index (χ3v) is 7.39. The van der Waals surface area contributed by atoms with Gasteiger partial charge in [0.15, 0.2) is 5.58 Å². The summed E-state index contributed by atoms with van der Waals surface area (Å²) < 4.78 is 12.7. The molecule has 1 saturated carbocycles. The van der Waals surface area contributed by atoms with Crippen molar-refractivity contribution >= 4 is 22.9 Å². The van der Waals surface area contributed by atoms with Gasteiger partial charge in [-0.15, -0.1) is 0 Å². The third kappa shape index (κ3) is 3.79. The molecule has 5 rings (SSSR count). The minimum Gasteiger partial charge on any atom is -0.497 e. The number of rotatable bonds is 5. The van der Waals surface area contributed by atoms with Crippen molar-refractivity contribution in [1.82, 2.24) is 14.8 Å². The van der Waals surface area contributed by atoms with Crippen molar-refractivity contribution in [2.75, 3.05) is 7.11 Å². The number of carbonyl (C=O) groups is 2. The van der Waals surface area contributed by atoms with Crippen LogP contribution in [0.4, 0.5) is 0 Å². The Bertz CT molecular complexity index is 1170. The van der Waals surface area contributed by atoms with Crippen LogP contribution in [0.1, 0.15) is 55.6 Å². The minimum absolute atomic E-state index is 0.0973. The number of methoxy groups -OCH3 is 1. The van der Waals surface area contributed by atoms with Crippen molar-refractivity contribution in [2.45, 2.75) is 64.2 Å². The monoisotopic (exact) mass is 449 g/mol. The van der Waals surface area contributed by atoms with Crippen molar-refractivity contribution in [3.63, 3.8) is 0 Å². The van der Waals surface area contributed by atoms with Gasteiger partial charge >= 0.3 is 0 Å². The van der Waals surface area contributed by atoms with Crippen LogP contribution in [0.3, 0.4) is 0 Å². The Balaban J connectivity index is 1.49. The van der Waals surface area contributed by atoms with Crippen LogP contribution in [0.2, 0.25) is 0 Å². The number of nitrogens with one attached hydrogen (secondary N) is 1. The molecule has 0 radical (unpaired) electrons. The van der Waals surface area contributed by atoms with Gasteiger partial charge in [-0.25, -0.2) is 0 Å². The van der Waals surface area contributed by atoms with Crippen LogP contribution >= 0.6 is 0 Å². The van der Waals surface area contributed by atoms with Gasteiger partial charge in [0.25, 0.3) is 5.91 Å². The maximum absolute atomic E-state index is 13.8. The van der Waals surface area contributed by atoms with Gasteiger partial charge in [-0.1, -0.05) is 19.1 Å². The zero-order valence-corrected chi connectivity index (χ0v) is 19.5. The zero-order valence-electron chi connectivity index (χ0n) is 19.5. The summed E-state index contributed by atoms with van der Waals surface area (Å²) in [4.78, 5) is 29.2. The van der Waals surface area contributed by atoms with E-state index in [1.165, 1.54) is 0 Å². The van der Waals surface area contributed by atoms with Gasteiger partial charge in [-0.05, 0) is 56.2 Å². The van der Waals surface area contributed by atoms with E-state index < -0.39 is 5.54 Å². The summed E-state index contributed by atoms with van der Waals surface area (Å²) in [5.74, 6) is 1.19. The van der Waals surface area contributed by atoms with Crippen molar-refractivity contribution in [3.05, 3.63) is 53.9 Å². The van der Waals surface area contributed by atoms with Crippen molar-refractivity contribution in [3.8, 4) is 5.75 Å². The molecule has 0 bridgehead atoms. The van der Waals surface area contributed by atoms with E-state index in [-0.39, 0.29) is 17.9 Å². The van der Waals surface area contributed by atoms with Gasteiger partial charge in [0.2, 0.25) is 5.91 Å². The van der Waals surface area contributed by atoms with E-state index in [2.05, 4.69) is 12.2 Å². The molecule has 1 unspecified atom stereocenters. The second-order valence-electron chi connectivity index (χ2n) is 9.73. The molecule has 2 aromatic heterocycles. The molecule has 1 aliphatic carbocycles. The molecule has 7 heteroatoms. The lowest BCUT2D eigenvalue weighted by molar-refractivity contribution is -0.134. The third-order valence-electron chi connectivity index (χ3n) is 7.39. The Hall–Kier alpha value is -3.22. The number of benzene rings is 1. The molecule has 0 spiro atoms. The zero-order chi connectivity index (χ0) is 23.2. The Kier molecular flexibility index (Phi) is 5.43. The van der Waals surface area contributed by atoms with Gasteiger partial charge in [-0.3, -0.25) is 9.59 Å². The SMILES string of the molecule is COc1ccc(CN2C(=O)c3cc4occc4n3CC2(C)C(=O)NC2CCC(C)CC2)cc1. The average Bonchev–Trinajstić information content (AvgIpc) is 3.41. The highest BCUT2D eigenvalue weighted by Crippen LogP contribution is 2.34. The second kappa shape index (κ2) is 8.28. The molecular weight excluding hydrogens is 418 g/mol. The molecule has 2 amide bonds. The van der Waals surface area contributed by atoms with Gasteiger partial charge < -0.3 is 23.9 Å². The topological polar surface area (TPSA) is 76.7 Å². The summed E-state index contributed by atoms with van der Waals surface area (Å²) in [6.07, 6.45) is 5.82. The number of nitrogens with zero attached hydrogens (tertiary/aromatic N) is 2. The van der Waals surface area contributed by atoms with Gasteiger partial charge in [0.1, 0.15) is 17.0 Å². The van der Waals surface area contributed by atoms with Crippen LogP contribution < -0.4 is 10.1 Å². The molecule has 33 heavy (non-hydrogen) atoms. The predicted octanol–water partition coefficient (Wildman–Crippen LogP) is 4.35. The molecule has 7 nitrogen and oxygen atoms in total. The lowest BCUT2D eigenvalue weighted by atomic mass is 9.86. The van der Waals surface area contributed by atoms with E-state index >= 15 is 0 Å². The second-order valence-corrected chi connectivity index (χ2v) is 9.73. The highest BCUT2D eigenvalue weighted by atomic mass is 16.5. The van der Waals surface area contributed by atoms with Crippen LogP contribution in [0, 0.1) is 5.92 Å². The maximum Gasteiger partial charge on any atom is 0.271 e. The molecule has 3 heterocycles. The van der Waals surface area contributed by atoms with Crippen molar-refractivity contribution in [2.24, 2.45) is 5.92 Å². The highest BCUT2D eigenvalue weighted by molar-refractivity contribution is 6.02. The molecule has 0 saturated heterocycles. The first-order valence-corrected chi connectivity index (χ1v) is 11.7. The molecule has 1 N–H and O–H groups in total. The lowest BCUT2D eigenvalue weighted by Gasteiger charge is -2.45. The van der Waals surface area contributed by atoms with Crippen LogP contribution in [0.5, 0.6) is 5.75 Å². The first-order chi connectivity index (χ1) is 15.9. The molecule has 1 fully saturated rings. The number of carbonyl (C=O) groups excluding carboxylic acids is 2. The summed E-state index contributed by atoms with van der Waals surface area (Å²) in [6.45, 7) is 4.85. The first kappa shape index (κ1) is 21.6.